The summed E-state index contributed by atoms with van der Waals surface area (Å²) >= 11 is 1.48. The van der Waals surface area contributed by atoms with Gasteiger partial charge in [-0.3, -0.25) is 19.5 Å². The fourth-order valence-corrected chi connectivity index (χ4v) is 5.87. The molecule has 1 aliphatic heterocycles. The third-order valence-corrected chi connectivity index (χ3v) is 8.35. The smallest absolute Gasteiger partial charge is 0.272 e. The molecule has 4 N–H and O–H groups in total. The summed E-state index contributed by atoms with van der Waals surface area (Å²) in [5.74, 6) is -1.15. The lowest BCUT2D eigenvalue weighted by molar-refractivity contribution is -0.147. The molecule has 2 heterocycles. The molecule has 1 fully saturated rings. The van der Waals surface area contributed by atoms with Crippen LogP contribution in [-0.4, -0.2) is 66.7 Å². The van der Waals surface area contributed by atoms with E-state index in [1.807, 2.05) is 75.4 Å². The number of thioether (sulfide) groups is 1. The number of aromatic amines is 1. The summed E-state index contributed by atoms with van der Waals surface area (Å²) < 4.78 is -0.573. The van der Waals surface area contributed by atoms with Gasteiger partial charge in [-0.25, -0.2) is 0 Å². The SMILES string of the molecule is Cc1cc(C(=O)N[C@@H](Cc2ccccc2)[C@H](O)C(=O)N2CSC(C)(C)[C@H]2C(=O)NCc2ccccc2C)n[nH]1. The number of H-pyrrole nitrogens is 1. The standard InChI is InChI=1S/C29H35N5O4S/c1-18-10-8-9-13-21(18)16-30-27(37)25-29(3,4)39-17-34(25)28(38)24(35)22(15-20-11-6-5-7-12-20)31-26(36)23-14-19(2)32-33-23/h5-14,22,24-25,35H,15-17H2,1-4H3,(H,30,37)(H,31,36)(H,32,33)/t22-,24-,25+/m0/s1. The second-order valence-electron chi connectivity index (χ2n) is 10.4. The molecule has 1 saturated heterocycles. The summed E-state index contributed by atoms with van der Waals surface area (Å²) in [6, 6.07) is 17.0. The summed E-state index contributed by atoms with van der Waals surface area (Å²) in [5, 5.41) is 23.8. The van der Waals surface area contributed by atoms with E-state index in [0.29, 0.717) is 12.2 Å². The first-order chi connectivity index (χ1) is 18.6. The molecule has 4 rings (SSSR count). The molecule has 0 aliphatic carbocycles. The van der Waals surface area contributed by atoms with Crippen LogP contribution in [0, 0.1) is 13.8 Å². The number of aromatic nitrogens is 2. The van der Waals surface area contributed by atoms with Gasteiger partial charge in [0.2, 0.25) is 5.91 Å². The molecule has 2 aromatic carbocycles. The molecule has 39 heavy (non-hydrogen) atoms. The number of aliphatic hydroxyl groups is 1. The number of rotatable bonds is 9. The highest BCUT2D eigenvalue weighted by Crippen LogP contribution is 2.40. The van der Waals surface area contributed by atoms with Crippen LogP contribution >= 0.6 is 11.8 Å². The quantitative estimate of drug-likeness (QED) is 0.325. The number of amides is 3. The van der Waals surface area contributed by atoms with Crippen LogP contribution in [0.25, 0.3) is 0 Å². The fourth-order valence-electron chi connectivity index (χ4n) is 4.73. The molecule has 3 aromatic rings. The van der Waals surface area contributed by atoms with Crippen LogP contribution in [0.15, 0.2) is 60.7 Å². The van der Waals surface area contributed by atoms with Crippen molar-refractivity contribution in [3.8, 4) is 0 Å². The van der Waals surface area contributed by atoms with Crippen LogP contribution in [0.2, 0.25) is 0 Å². The Morgan fingerprint density at radius 1 is 1.13 bits per heavy atom. The summed E-state index contributed by atoms with van der Waals surface area (Å²) in [7, 11) is 0. The highest BCUT2D eigenvalue weighted by atomic mass is 32.2. The predicted molar refractivity (Wildman–Crippen MR) is 151 cm³/mol. The number of carbonyl (C=O) groups is 3. The largest absolute Gasteiger partial charge is 0.381 e. The van der Waals surface area contributed by atoms with Crippen molar-refractivity contribution < 1.29 is 19.5 Å². The van der Waals surface area contributed by atoms with Crippen LogP contribution in [0.1, 0.15) is 46.7 Å². The molecule has 10 heteroatoms. The van der Waals surface area contributed by atoms with Crippen LogP contribution in [0.4, 0.5) is 0 Å². The molecular weight excluding hydrogens is 514 g/mol. The molecule has 9 nitrogen and oxygen atoms in total. The molecular formula is C29H35N5O4S. The third kappa shape index (κ3) is 6.69. The van der Waals surface area contributed by atoms with E-state index in [4.69, 9.17) is 0 Å². The first-order valence-corrected chi connectivity index (χ1v) is 13.9. The van der Waals surface area contributed by atoms with Gasteiger partial charge in [0.1, 0.15) is 11.7 Å². The molecule has 0 radical (unpaired) electrons. The maximum absolute atomic E-state index is 13.7. The van der Waals surface area contributed by atoms with Crippen LogP contribution in [0.3, 0.4) is 0 Å². The van der Waals surface area contributed by atoms with E-state index in [1.54, 1.807) is 13.0 Å². The monoisotopic (exact) mass is 549 g/mol. The number of hydrogen-bond donors (Lipinski definition) is 4. The van der Waals surface area contributed by atoms with Gasteiger partial charge in [-0.15, -0.1) is 11.8 Å². The van der Waals surface area contributed by atoms with Crippen molar-refractivity contribution in [1.82, 2.24) is 25.7 Å². The lowest BCUT2D eigenvalue weighted by Crippen LogP contribution is -2.58. The van der Waals surface area contributed by atoms with Gasteiger partial charge in [0, 0.05) is 17.0 Å². The van der Waals surface area contributed by atoms with Gasteiger partial charge < -0.3 is 20.6 Å². The Morgan fingerprint density at radius 3 is 2.49 bits per heavy atom. The van der Waals surface area contributed by atoms with E-state index in [0.717, 1.165) is 16.7 Å². The zero-order valence-electron chi connectivity index (χ0n) is 22.6. The van der Waals surface area contributed by atoms with Crippen LogP contribution in [-0.2, 0) is 22.6 Å². The van der Waals surface area contributed by atoms with Gasteiger partial charge in [0.15, 0.2) is 6.10 Å². The topological polar surface area (TPSA) is 127 Å². The highest BCUT2D eigenvalue weighted by Gasteiger charge is 2.49. The van der Waals surface area contributed by atoms with Gasteiger partial charge >= 0.3 is 0 Å². The second-order valence-corrected chi connectivity index (χ2v) is 12.0. The minimum Gasteiger partial charge on any atom is -0.381 e. The predicted octanol–water partition coefficient (Wildman–Crippen LogP) is 2.73. The van der Waals surface area contributed by atoms with Crippen molar-refractivity contribution >= 4 is 29.5 Å². The van der Waals surface area contributed by atoms with Crippen molar-refractivity contribution in [2.24, 2.45) is 0 Å². The number of nitrogens with one attached hydrogen (secondary N) is 3. The lowest BCUT2D eigenvalue weighted by atomic mass is 9.97. The average Bonchev–Trinajstić information content (AvgIpc) is 3.49. The summed E-state index contributed by atoms with van der Waals surface area (Å²) in [6.45, 7) is 7.93. The number of benzene rings is 2. The van der Waals surface area contributed by atoms with Crippen molar-refractivity contribution in [1.29, 1.82) is 0 Å². The Morgan fingerprint density at radius 2 is 1.82 bits per heavy atom. The van der Waals surface area contributed by atoms with Crippen molar-refractivity contribution in [3.05, 3.63) is 88.7 Å². The van der Waals surface area contributed by atoms with E-state index in [1.165, 1.54) is 16.7 Å². The highest BCUT2D eigenvalue weighted by molar-refractivity contribution is 8.00. The summed E-state index contributed by atoms with van der Waals surface area (Å²) in [4.78, 5) is 41.5. The van der Waals surface area contributed by atoms with E-state index in [9.17, 15) is 19.5 Å². The maximum atomic E-state index is 13.7. The Balaban J connectivity index is 1.53. The minimum atomic E-state index is -1.57. The Kier molecular flexibility index (Phi) is 8.76. The molecule has 0 unspecified atom stereocenters. The van der Waals surface area contributed by atoms with Gasteiger partial charge in [-0.2, -0.15) is 5.10 Å². The lowest BCUT2D eigenvalue weighted by Gasteiger charge is -2.33. The van der Waals surface area contributed by atoms with Crippen molar-refractivity contribution in [2.45, 2.75) is 63.6 Å². The first-order valence-electron chi connectivity index (χ1n) is 12.9. The van der Waals surface area contributed by atoms with E-state index >= 15 is 0 Å². The molecule has 1 aliphatic rings. The Bertz CT molecular complexity index is 1330. The molecule has 3 amide bonds. The van der Waals surface area contributed by atoms with Gasteiger partial charge in [0.25, 0.3) is 11.8 Å². The third-order valence-electron chi connectivity index (χ3n) is 6.98. The second kappa shape index (κ2) is 12.0. The number of hydrogen-bond acceptors (Lipinski definition) is 6. The fraction of sp³-hybridized carbons (Fsp3) is 0.379. The van der Waals surface area contributed by atoms with Gasteiger partial charge in [-0.05, 0) is 56.9 Å². The van der Waals surface area contributed by atoms with E-state index in [-0.39, 0.29) is 23.9 Å². The van der Waals surface area contributed by atoms with E-state index < -0.39 is 34.7 Å². The summed E-state index contributed by atoms with van der Waals surface area (Å²) in [5.41, 5.74) is 3.78. The average molecular weight is 550 g/mol. The van der Waals surface area contributed by atoms with Gasteiger partial charge in [-0.1, -0.05) is 54.6 Å². The van der Waals surface area contributed by atoms with Crippen molar-refractivity contribution in [2.75, 3.05) is 5.88 Å². The van der Waals surface area contributed by atoms with Gasteiger partial charge in [0.05, 0.1) is 11.9 Å². The molecule has 0 bridgehead atoms. The zero-order valence-corrected chi connectivity index (χ0v) is 23.4. The molecule has 1 aromatic heterocycles. The Hall–Kier alpha value is -3.63. The molecule has 0 spiro atoms. The normalized spacial score (nSPS) is 17.9. The number of carbonyl (C=O) groups excluding carboxylic acids is 3. The van der Waals surface area contributed by atoms with E-state index in [2.05, 4.69) is 20.8 Å². The molecule has 0 saturated carbocycles. The first kappa shape index (κ1) is 28.4. The summed E-state index contributed by atoms with van der Waals surface area (Å²) in [6.07, 6.45) is -1.35. The van der Waals surface area contributed by atoms with Crippen LogP contribution in [0.5, 0.6) is 0 Å². The maximum Gasteiger partial charge on any atom is 0.272 e. The van der Waals surface area contributed by atoms with Crippen molar-refractivity contribution in [3.63, 3.8) is 0 Å². The number of aryl methyl sites for hydroxylation is 2. The number of nitrogens with zero attached hydrogens (tertiary/aromatic N) is 2. The number of aliphatic hydroxyl groups excluding tert-OH is 1. The molecule has 3 atom stereocenters. The zero-order chi connectivity index (χ0) is 28.2. The van der Waals surface area contributed by atoms with Crippen LogP contribution < -0.4 is 10.6 Å². The Labute approximate surface area is 232 Å². The minimum absolute atomic E-state index is 0.163. The molecule has 206 valence electrons.